The Hall–Kier alpha value is -2.12. The standard InChI is InChI=1S/C12H14N2O5/c1-17-7-4-2-6(3-5-7)12-18-8(10(13)15)9(19-12)11(14)16/h2-5,8-9,12H,1H3,(H2,13,15)(H2,14,16)/t8-,9-/m1/s1. The van der Waals surface area contributed by atoms with Crippen LogP contribution in [0.25, 0.3) is 0 Å². The molecule has 0 spiro atoms. The predicted octanol–water partition coefficient (Wildman–Crippen LogP) is -0.552. The smallest absolute Gasteiger partial charge is 0.249 e. The van der Waals surface area contributed by atoms with Crippen molar-refractivity contribution in [3.63, 3.8) is 0 Å². The van der Waals surface area contributed by atoms with E-state index in [0.717, 1.165) is 0 Å². The molecule has 102 valence electrons. The van der Waals surface area contributed by atoms with Crippen molar-refractivity contribution >= 4 is 11.8 Å². The van der Waals surface area contributed by atoms with E-state index in [-0.39, 0.29) is 0 Å². The minimum absolute atomic E-state index is 0.635. The molecule has 0 bridgehead atoms. The van der Waals surface area contributed by atoms with Gasteiger partial charge in [-0.2, -0.15) is 0 Å². The molecule has 1 fully saturated rings. The predicted molar refractivity (Wildman–Crippen MR) is 63.9 cm³/mol. The fraction of sp³-hybridized carbons (Fsp3) is 0.333. The van der Waals surface area contributed by atoms with E-state index in [4.69, 9.17) is 25.7 Å². The molecule has 19 heavy (non-hydrogen) atoms. The van der Waals surface area contributed by atoms with Crippen LogP contribution in [0, 0.1) is 0 Å². The zero-order chi connectivity index (χ0) is 14.0. The topological polar surface area (TPSA) is 114 Å². The maximum Gasteiger partial charge on any atom is 0.249 e. The van der Waals surface area contributed by atoms with E-state index in [9.17, 15) is 9.59 Å². The van der Waals surface area contributed by atoms with Gasteiger partial charge in [-0.05, 0) is 12.1 Å². The van der Waals surface area contributed by atoms with Crippen molar-refractivity contribution in [3.05, 3.63) is 29.8 Å². The molecular weight excluding hydrogens is 252 g/mol. The summed E-state index contributed by atoms with van der Waals surface area (Å²) in [6, 6.07) is 6.81. The van der Waals surface area contributed by atoms with E-state index >= 15 is 0 Å². The molecule has 0 aromatic heterocycles. The Morgan fingerprint density at radius 2 is 1.53 bits per heavy atom. The average Bonchev–Trinajstić information content (AvgIpc) is 2.84. The SMILES string of the molecule is COc1ccc(C2O[C@@H](C(N)=O)[C@H](C(N)=O)O2)cc1. The van der Waals surface area contributed by atoms with Gasteiger partial charge in [-0.25, -0.2) is 0 Å². The zero-order valence-electron chi connectivity index (χ0n) is 10.2. The summed E-state index contributed by atoms with van der Waals surface area (Å²) in [5.41, 5.74) is 10.9. The molecule has 4 N–H and O–H groups in total. The van der Waals surface area contributed by atoms with E-state index < -0.39 is 30.3 Å². The first-order valence-corrected chi connectivity index (χ1v) is 5.56. The number of ether oxygens (including phenoxy) is 3. The molecule has 1 heterocycles. The van der Waals surface area contributed by atoms with Crippen LogP contribution in [0.1, 0.15) is 11.9 Å². The van der Waals surface area contributed by atoms with Crippen molar-refractivity contribution in [1.29, 1.82) is 0 Å². The Bertz CT molecular complexity index is 465. The van der Waals surface area contributed by atoms with Crippen LogP contribution in [0.4, 0.5) is 0 Å². The Kier molecular flexibility index (Phi) is 3.68. The zero-order valence-corrected chi connectivity index (χ0v) is 10.2. The fourth-order valence-electron chi connectivity index (χ4n) is 1.79. The molecule has 2 rings (SSSR count). The van der Waals surface area contributed by atoms with Crippen LogP contribution in [-0.4, -0.2) is 31.1 Å². The molecule has 1 aromatic rings. The van der Waals surface area contributed by atoms with Crippen LogP contribution in [0.5, 0.6) is 5.75 Å². The summed E-state index contributed by atoms with van der Waals surface area (Å²) in [4.78, 5) is 22.4. The first-order valence-electron chi connectivity index (χ1n) is 5.56. The summed E-state index contributed by atoms with van der Waals surface area (Å²) in [5, 5.41) is 0. The van der Waals surface area contributed by atoms with Gasteiger partial charge in [-0.3, -0.25) is 9.59 Å². The molecule has 1 aromatic carbocycles. The molecule has 7 heteroatoms. The van der Waals surface area contributed by atoms with Gasteiger partial charge in [0.25, 0.3) is 0 Å². The van der Waals surface area contributed by atoms with Crippen molar-refractivity contribution in [2.75, 3.05) is 7.11 Å². The summed E-state index contributed by atoms with van der Waals surface area (Å²) >= 11 is 0. The van der Waals surface area contributed by atoms with Gasteiger partial charge >= 0.3 is 0 Å². The lowest BCUT2D eigenvalue weighted by Crippen LogP contribution is -2.44. The first-order chi connectivity index (χ1) is 9.02. The maximum absolute atomic E-state index is 11.2. The van der Waals surface area contributed by atoms with E-state index in [1.165, 1.54) is 0 Å². The van der Waals surface area contributed by atoms with Gasteiger partial charge in [0.05, 0.1) is 7.11 Å². The van der Waals surface area contributed by atoms with Gasteiger partial charge in [0.2, 0.25) is 11.8 Å². The number of rotatable bonds is 4. The Labute approximate surface area is 109 Å². The molecule has 0 unspecified atom stereocenters. The lowest BCUT2D eigenvalue weighted by Gasteiger charge is -2.10. The van der Waals surface area contributed by atoms with Gasteiger partial charge in [0.15, 0.2) is 18.5 Å². The summed E-state index contributed by atoms with van der Waals surface area (Å²) in [6.45, 7) is 0. The molecule has 7 nitrogen and oxygen atoms in total. The number of hydrogen-bond acceptors (Lipinski definition) is 5. The number of carbonyl (C=O) groups is 2. The van der Waals surface area contributed by atoms with E-state index in [0.29, 0.717) is 11.3 Å². The summed E-state index contributed by atoms with van der Waals surface area (Å²) in [5.74, 6) is -0.917. The number of amides is 2. The van der Waals surface area contributed by atoms with Crippen LogP contribution in [0.2, 0.25) is 0 Å². The summed E-state index contributed by atoms with van der Waals surface area (Å²) in [7, 11) is 1.55. The van der Waals surface area contributed by atoms with Crippen molar-refractivity contribution in [1.82, 2.24) is 0 Å². The normalized spacial score (nSPS) is 23.2. The van der Waals surface area contributed by atoms with Crippen molar-refractivity contribution in [2.24, 2.45) is 11.5 Å². The monoisotopic (exact) mass is 266 g/mol. The molecule has 1 aliphatic rings. The highest BCUT2D eigenvalue weighted by molar-refractivity contribution is 5.89. The van der Waals surface area contributed by atoms with Crippen LogP contribution in [0.3, 0.4) is 0 Å². The van der Waals surface area contributed by atoms with Crippen molar-refractivity contribution in [2.45, 2.75) is 18.5 Å². The molecule has 2 atom stereocenters. The quantitative estimate of drug-likeness (QED) is 0.758. The number of methoxy groups -OCH3 is 1. The Balaban J connectivity index is 2.18. The number of nitrogens with two attached hydrogens (primary N) is 2. The van der Waals surface area contributed by atoms with Gasteiger partial charge < -0.3 is 25.7 Å². The molecule has 0 aliphatic carbocycles. The minimum atomic E-state index is -1.18. The van der Waals surface area contributed by atoms with Crippen LogP contribution in [-0.2, 0) is 19.1 Å². The highest BCUT2D eigenvalue weighted by Crippen LogP contribution is 2.31. The number of carbonyl (C=O) groups excluding carboxylic acids is 2. The van der Waals surface area contributed by atoms with Crippen LogP contribution in [0.15, 0.2) is 24.3 Å². The van der Waals surface area contributed by atoms with Gasteiger partial charge in [0, 0.05) is 5.56 Å². The third kappa shape index (κ3) is 2.67. The van der Waals surface area contributed by atoms with Crippen molar-refractivity contribution < 1.29 is 23.8 Å². The van der Waals surface area contributed by atoms with Crippen LogP contribution < -0.4 is 16.2 Å². The van der Waals surface area contributed by atoms with Gasteiger partial charge in [-0.15, -0.1) is 0 Å². The van der Waals surface area contributed by atoms with Crippen LogP contribution >= 0.6 is 0 Å². The average molecular weight is 266 g/mol. The van der Waals surface area contributed by atoms with E-state index in [2.05, 4.69) is 0 Å². The number of benzene rings is 1. The lowest BCUT2D eigenvalue weighted by molar-refractivity contribution is -0.133. The lowest BCUT2D eigenvalue weighted by atomic mass is 10.2. The summed E-state index contributed by atoms with van der Waals surface area (Å²) < 4.78 is 15.7. The first kappa shape index (κ1) is 13.3. The fourth-order valence-corrected chi connectivity index (χ4v) is 1.79. The van der Waals surface area contributed by atoms with E-state index in [1.54, 1.807) is 31.4 Å². The highest BCUT2D eigenvalue weighted by atomic mass is 16.7. The molecular formula is C12H14N2O5. The highest BCUT2D eigenvalue weighted by Gasteiger charge is 2.43. The Morgan fingerprint density at radius 3 is 1.89 bits per heavy atom. The second-order valence-electron chi connectivity index (χ2n) is 4.02. The molecule has 2 amide bonds. The third-order valence-corrected chi connectivity index (χ3v) is 2.76. The van der Waals surface area contributed by atoms with Gasteiger partial charge in [-0.1, -0.05) is 12.1 Å². The van der Waals surface area contributed by atoms with Crippen molar-refractivity contribution in [3.8, 4) is 5.75 Å². The maximum atomic E-state index is 11.2. The second-order valence-corrected chi connectivity index (χ2v) is 4.02. The minimum Gasteiger partial charge on any atom is -0.497 e. The molecule has 0 radical (unpaired) electrons. The molecule has 1 saturated heterocycles. The van der Waals surface area contributed by atoms with Gasteiger partial charge in [0.1, 0.15) is 5.75 Å². The molecule has 0 saturated carbocycles. The summed E-state index contributed by atoms with van der Waals surface area (Å²) in [6.07, 6.45) is -3.21. The third-order valence-electron chi connectivity index (χ3n) is 2.76. The largest absolute Gasteiger partial charge is 0.497 e. The second kappa shape index (κ2) is 5.25. The number of hydrogen-bond donors (Lipinski definition) is 2. The van der Waals surface area contributed by atoms with E-state index in [1.807, 2.05) is 0 Å². The Morgan fingerprint density at radius 1 is 1.05 bits per heavy atom. The number of primary amides is 2. The molecule has 1 aliphatic heterocycles.